The lowest BCUT2D eigenvalue weighted by Gasteiger charge is -2.22. The maximum absolute atomic E-state index is 12.4. The average Bonchev–Trinajstić information content (AvgIpc) is 3.20. The topological polar surface area (TPSA) is 93.9 Å². The van der Waals surface area contributed by atoms with E-state index in [4.69, 9.17) is 14.0 Å². The first kappa shape index (κ1) is 15.5. The van der Waals surface area contributed by atoms with Crippen molar-refractivity contribution in [2.45, 2.75) is 13.3 Å². The molecule has 8 nitrogen and oxygen atoms in total. The summed E-state index contributed by atoms with van der Waals surface area (Å²) in [4.78, 5) is 26.3. The predicted octanol–water partition coefficient (Wildman–Crippen LogP) is 1.75. The molecule has 1 aromatic carbocycles. The molecule has 1 N–H and O–H groups in total. The number of ether oxygens (including phenoxy) is 2. The third kappa shape index (κ3) is 3.02. The molecule has 2 amide bonds. The zero-order valence-corrected chi connectivity index (χ0v) is 13.7. The van der Waals surface area contributed by atoms with Crippen molar-refractivity contribution in [3.05, 3.63) is 30.0 Å². The Hall–Kier alpha value is -3.03. The molecule has 2 aliphatic rings. The first-order valence-corrected chi connectivity index (χ1v) is 8.04. The molecule has 0 aliphatic carbocycles. The van der Waals surface area contributed by atoms with Crippen molar-refractivity contribution < 1.29 is 23.6 Å². The summed E-state index contributed by atoms with van der Waals surface area (Å²) in [5.74, 6) is 1.44. The molecule has 0 saturated carbocycles. The van der Waals surface area contributed by atoms with Crippen LogP contribution in [0.1, 0.15) is 12.2 Å². The number of hydrogen-bond acceptors (Lipinski definition) is 6. The minimum Gasteiger partial charge on any atom is -0.486 e. The largest absolute Gasteiger partial charge is 0.486 e. The van der Waals surface area contributed by atoms with Gasteiger partial charge in [0.25, 0.3) is 0 Å². The van der Waals surface area contributed by atoms with Crippen molar-refractivity contribution in [3.63, 3.8) is 0 Å². The Morgan fingerprint density at radius 2 is 2.04 bits per heavy atom. The van der Waals surface area contributed by atoms with Gasteiger partial charge in [0.15, 0.2) is 17.3 Å². The molecule has 4 rings (SSSR count). The van der Waals surface area contributed by atoms with Crippen LogP contribution in [0.4, 0.5) is 11.5 Å². The molecule has 1 fully saturated rings. The number of nitrogens with one attached hydrogen (secondary N) is 1. The SMILES string of the molecule is Cc1cc(NC(=O)[C@@H]2CC(=O)N(c3ccc4c(c3)OCCO4)C2)no1. The molecule has 2 aromatic rings. The summed E-state index contributed by atoms with van der Waals surface area (Å²) in [5, 5.41) is 6.42. The molecule has 0 radical (unpaired) electrons. The van der Waals surface area contributed by atoms with Gasteiger partial charge in [0.05, 0.1) is 5.92 Å². The number of aromatic nitrogens is 1. The lowest BCUT2D eigenvalue weighted by atomic mass is 10.1. The molecule has 0 bridgehead atoms. The average molecular weight is 343 g/mol. The van der Waals surface area contributed by atoms with E-state index < -0.39 is 5.92 Å². The number of rotatable bonds is 3. The van der Waals surface area contributed by atoms with Gasteiger partial charge in [0.2, 0.25) is 11.8 Å². The first-order valence-electron chi connectivity index (χ1n) is 8.04. The summed E-state index contributed by atoms with van der Waals surface area (Å²) in [6.45, 7) is 3.04. The normalized spacial score (nSPS) is 19.2. The lowest BCUT2D eigenvalue weighted by molar-refractivity contribution is -0.122. The molecule has 1 atom stereocenters. The summed E-state index contributed by atoms with van der Waals surface area (Å²) in [6.07, 6.45) is 0.150. The van der Waals surface area contributed by atoms with Gasteiger partial charge in [-0.15, -0.1) is 0 Å². The van der Waals surface area contributed by atoms with Gasteiger partial charge in [-0.25, -0.2) is 0 Å². The maximum Gasteiger partial charge on any atom is 0.231 e. The molecular formula is C17H17N3O5. The Morgan fingerprint density at radius 3 is 2.80 bits per heavy atom. The molecule has 3 heterocycles. The number of amides is 2. The van der Waals surface area contributed by atoms with Gasteiger partial charge in [0.1, 0.15) is 19.0 Å². The highest BCUT2D eigenvalue weighted by Crippen LogP contribution is 2.36. The Morgan fingerprint density at radius 1 is 1.24 bits per heavy atom. The van der Waals surface area contributed by atoms with Crippen LogP contribution in [0.15, 0.2) is 28.8 Å². The highest BCUT2D eigenvalue weighted by Gasteiger charge is 2.36. The second-order valence-corrected chi connectivity index (χ2v) is 6.05. The van der Waals surface area contributed by atoms with Crippen LogP contribution in [0.3, 0.4) is 0 Å². The number of anilines is 2. The van der Waals surface area contributed by atoms with Crippen LogP contribution in [-0.4, -0.2) is 36.7 Å². The van der Waals surface area contributed by atoms with Crippen LogP contribution in [-0.2, 0) is 9.59 Å². The molecule has 0 spiro atoms. The van der Waals surface area contributed by atoms with Gasteiger partial charge in [0, 0.05) is 30.8 Å². The van der Waals surface area contributed by atoms with Crippen molar-refractivity contribution in [2.75, 3.05) is 30.0 Å². The van der Waals surface area contributed by atoms with E-state index in [1.807, 2.05) is 0 Å². The van der Waals surface area contributed by atoms with Crippen LogP contribution in [0, 0.1) is 12.8 Å². The zero-order valence-electron chi connectivity index (χ0n) is 13.7. The Kier molecular flexibility index (Phi) is 3.79. The van der Waals surface area contributed by atoms with Crippen LogP contribution >= 0.6 is 0 Å². The third-order valence-corrected chi connectivity index (χ3v) is 4.21. The molecule has 1 saturated heterocycles. The fraction of sp³-hybridized carbons (Fsp3) is 0.353. The van der Waals surface area contributed by atoms with E-state index in [0.29, 0.717) is 48.5 Å². The Bertz CT molecular complexity index is 831. The van der Waals surface area contributed by atoms with E-state index in [-0.39, 0.29) is 18.2 Å². The van der Waals surface area contributed by atoms with Gasteiger partial charge in [-0.2, -0.15) is 0 Å². The summed E-state index contributed by atoms with van der Waals surface area (Å²) in [5.41, 5.74) is 0.696. The highest BCUT2D eigenvalue weighted by atomic mass is 16.6. The van der Waals surface area contributed by atoms with Crippen molar-refractivity contribution in [1.82, 2.24) is 5.16 Å². The molecule has 25 heavy (non-hydrogen) atoms. The Labute approximate surface area is 143 Å². The zero-order chi connectivity index (χ0) is 17.4. The van der Waals surface area contributed by atoms with Crippen LogP contribution < -0.4 is 19.7 Å². The summed E-state index contributed by atoms with van der Waals surface area (Å²) in [6, 6.07) is 6.98. The van der Waals surface area contributed by atoms with Crippen LogP contribution in [0.2, 0.25) is 0 Å². The summed E-state index contributed by atoms with van der Waals surface area (Å²) in [7, 11) is 0. The second kappa shape index (κ2) is 6.12. The maximum atomic E-state index is 12.4. The number of carbonyl (C=O) groups is 2. The number of nitrogens with zero attached hydrogens (tertiary/aromatic N) is 2. The summed E-state index contributed by atoms with van der Waals surface area (Å²) < 4.78 is 16.0. The van der Waals surface area contributed by atoms with Gasteiger partial charge < -0.3 is 24.2 Å². The van der Waals surface area contributed by atoms with Gasteiger partial charge >= 0.3 is 0 Å². The smallest absolute Gasteiger partial charge is 0.231 e. The van der Waals surface area contributed by atoms with Gasteiger partial charge in [-0.3, -0.25) is 9.59 Å². The van der Waals surface area contributed by atoms with E-state index in [1.165, 1.54) is 0 Å². The van der Waals surface area contributed by atoms with Crippen LogP contribution in [0.25, 0.3) is 0 Å². The molecule has 1 aromatic heterocycles. The third-order valence-electron chi connectivity index (χ3n) is 4.21. The molecule has 130 valence electrons. The predicted molar refractivity (Wildman–Crippen MR) is 87.8 cm³/mol. The lowest BCUT2D eigenvalue weighted by Crippen LogP contribution is -2.28. The van der Waals surface area contributed by atoms with Crippen LogP contribution in [0.5, 0.6) is 11.5 Å². The van der Waals surface area contributed by atoms with E-state index in [1.54, 1.807) is 36.1 Å². The van der Waals surface area contributed by atoms with E-state index >= 15 is 0 Å². The van der Waals surface area contributed by atoms with Gasteiger partial charge in [-0.05, 0) is 19.1 Å². The minimum atomic E-state index is -0.447. The number of hydrogen-bond donors (Lipinski definition) is 1. The van der Waals surface area contributed by atoms with E-state index in [2.05, 4.69) is 10.5 Å². The van der Waals surface area contributed by atoms with Crippen molar-refractivity contribution in [2.24, 2.45) is 5.92 Å². The molecule has 8 heteroatoms. The highest BCUT2D eigenvalue weighted by molar-refractivity contribution is 6.03. The van der Waals surface area contributed by atoms with E-state index in [9.17, 15) is 9.59 Å². The first-order chi connectivity index (χ1) is 12.1. The molecular weight excluding hydrogens is 326 g/mol. The number of aryl methyl sites for hydroxylation is 1. The number of benzene rings is 1. The van der Waals surface area contributed by atoms with Crippen molar-refractivity contribution in [1.29, 1.82) is 0 Å². The van der Waals surface area contributed by atoms with Gasteiger partial charge in [-0.1, -0.05) is 5.16 Å². The van der Waals surface area contributed by atoms with Crippen molar-refractivity contribution in [3.8, 4) is 11.5 Å². The number of fused-ring (bicyclic) bond motifs is 1. The fourth-order valence-corrected chi connectivity index (χ4v) is 2.99. The molecule has 2 aliphatic heterocycles. The quantitative estimate of drug-likeness (QED) is 0.912. The fourth-order valence-electron chi connectivity index (χ4n) is 2.99. The summed E-state index contributed by atoms with van der Waals surface area (Å²) >= 11 is 0. The van der Waals surface area contributed by atoms with E-state index in [0.717, 1.165) is 0 Å². The monoisotopic (exact) mass is 343 g/mol. The molecule has 0 unspecified atom stereocenters. The second-order valence-electron chi connectivity index (χ2n) is 6.05. The number of carbonyl (C=O) groups excluding carboxylic acids is 2. The minimum absolute atomic E-state index is 0.104. The standard InChI is InChI=1S/C17H17N3O5/c1-10-6-15(19-25-10)18-17(22)11-7-16(21)20(9-11)12-2-3-13-14(8-12)24-5-4-23-13/h2-3,6,8,11H,4-5,7,9H2,1H3,(H,18,19,22)/t11-/m1/s1. The van der Waals surface area contributed by atoms with Crippen molar-refractivity contribution >= 4 is 23.3 Å². The Balaban J connectivity index is 1.47.